The van der Waals surface area contributed by atoms with Crippen LogP contribution in [0, 0.1) is 29.1 Å². The third kappa shape index (κ3) is 3.70. The minimum absolute atomic E-state index is 0.145. The van der Waals surface area contributed by atoms with Crippen LogP contribution in [0.5, 0.6) is 0 Å². The van der Waals surface area contributed by atoms with E-state index in [2.05, 4.69) is 160 Å². The molecule has 0 aromatic heterocycles. The predicted molar refractivity (Wildman–Crippen MR) is 220 cm³/mol. The number of fused-ring (bicyclic) bond motifs is 10. The van der Waals surface area contributed by atoms with Gasteiger partial charge in [-0.1, -0.05) is 125 Å². The summed E-state index contributed by atoms with van der Waals surface area (Å²) in [5.74, 6) is 3.62. The Morgan fingerprint density at radius 2 is 1.23 bits per heavy atom. The molecular weight excluding hydrogens is 639 g/mol. The molecule has 0 heterocycles. The summed E-state index contributed by atoms with van der Waals surface area (Å²) < 4.78 is 0. The van der Waals surface area contributed by atoms with Gasteiger partial charge in [0.15, 0.2) is 0 Å². The maximum atomic E-state index is 2.57. The molecule has 6 aliphatic rings. The summed E-state index contributed by atoms with van der Waals surface area (Å²) >= 11 is 0. The third-order valence-electron chi connectivity index (χ3n) is 16.2. The van der Waals surface area contributed by atoms with E-state index in [1.807, 2.05) is 0 Å². The van der Waals surface area contributed by atoms with Crippen molar-refractivity contribution >= 4 is 27.8 Å². The maximum absolute atomic E-state index is 2.57. The van der Waals surface area contributed by atoms with Gasteiger partial charge in [0.1, 0.15) is 0 Å². The van der Waals surface area contributed by atoms with Crippen molar-refractivity contribution in [2.75, 3.05) is 4.90 Å². The quantitative estimate of drug-likeness (QED) is 0.178. The molecule has 1 heteroatoms. The second kappa shape index (κ2) is 10.1. The third-order valence-corrected chi connectivity index (χ3v) is 16.2. The summed E-state index contributed by atoms with van der Waals surface area (Å²) in [6, 6.07) is 49.4. The first-order chi connectivity index (χ1) is 25.7. The van der Waals surface area contributed by atoms with E-state index in [0.29, 0.717) is 5.41 Å². The highest BCUT2D eigenvalue weighted by atomic mass is 15.1. The summed E-state index contributed by atoms with van der Waals surface area (Å²) in [6.45, 7) is 9.75. The largest absolute Gasteiger partial charge is 0.310 e. The lowest BCUT2D eigenvalue weighted by Gasteiger charge is -2.76. The zero-order valence-corrected chi connectivity index (χ0v) is 31.6. The van der Waals surface area contributed by atoms with Gasteiger partial charge >= 0.3 is 0 Å². The number of hydrogen-bond acceptors (Lipinski definition) is 1. The van der Waals surface area contributed by atoms with Gasteiger partial charge in [0, 0.05) is 22.2 Å². The Bertz CT molecular complexity index is 2510. The zero-order chi connectivity index (χ0) is 35.5. The van der Waals surface area contributed by atoms with Crippen molar-refractivity contribution < 1.29 is 0 Å². The van der Waals surface area contributed by atoms with Crippen LogP contribution in [0.2, 0.25) is 0 Å². The van der Waals surface area contributed by atoms with Crippen LogP contribution < -0.4 is 4.90 Å². The number of anilines is 3. The molecule has 6 unspecified atom stereocenters. The molecule has 4 saturated carbocycles. The zero-order valence-electron chi connectivity index (χ0n) is 31.6. The molecule has 2 bridgehead atoms. The Labute approximate surface area is 315 Å². The second-order valence-electron chi connectivity index (χ2n) is 19.2. The minimum atomic E-state index is 0.145. The summed E-state index contributed by atoms with van der Waals surface area (Å²) in [7, 11) is 0. The van der Waals surface area contributed by atoms with E-state index in [4.69, 9.17) is 0 Å². The van der Waals surface area contributed by atoms with E-state index >= 15 is 0 Å². The monoisotopic (exact) mass is 687 g/mol. The van der Waals surface area contributed by atoms with E-state index in [-0.39, 0.29) is 16.2 Å². The molecule has 0 radical (unpaired) electrons. The van der Waals surface area contributed by atoms with Crippen LogP contribution >= 0.6 is 0 Å². The summed E-state index contributed by atoms with van der Waals surface area (Å²) in [6.07, 6.45) is 8.34. The predicted octanol–water partition coefficient (Wildman–Crippen LogP) is 13.7. The van der Waals surface area contributed by atoms with Gasteiger partial charge in [-0.2, -0.15) is 0 Å². The Kier molecular flexibility index (Phi) is 5.88. The normalized spacial score (nSPS) is 29.9. The molecule has 4 fully saturated rings. The van der Waals surface area contributed by atoms with Crippen LogP contribution in [0.1, 0.15) is 88.5 Å². The Morgan fingerprint density at radius 1 is 0.547 bits per heavy atom. The molecule has 6 aliphatic carbocycles. The average Bonchev–Trinajstić information content (AvgIpc) is 3.81. The smallest absolute Gasteiger partial charge is 0.0540 e. The fourth-order valence-electron chi connectivity index (χ4n) is 14.0. The van der Waals surface area contributed by atoms with Crippen LogP contribution in [0.4, 0.5) is 17.1 Å². The average molecular weight is 688 g/mol. The first-order valence-corrected chi connectivity index (χ1v) is 20.5. The van der Waals surface area contributed by atoms with Crippen molar-refractivity contribution in [3.8, 4) is 22.3 Å². The molecule has 2 spiro atoms. The highest BCUT2D eigenvalue weighted by molar-refractivity contribution is 6.00. The fraction of sp³-hybridized carbons (Fsp3) is 0.346. The molecule has 0 amide bonds. The number of rotatable bonds is 4. The van der Waals surface area contributed by atoms with Gasteiger partial charge in [-0.05, 0) is 159 Å². The molecule has 53 heavy (non-hydrogen) atoms. The lowest BCUT2D eigenvalue weighted by atomic mass is 9.27. The van der Waals surface area contributed by atoms with Crippen molar-refractivity contribution in [3.63, 3.8) is 0 Å². The second-order valence-corrected chi connectivity index (χ2v) is 19.2. The highest BCUT2D eigenvalue weighted by Crippen LogP contribution is 2.89. The fourth-order valence-corrected chi connectivity index (χ4v) is 14.0. The molecule has 1 nitrogen and oxygen atoms in total. The Morgan fingerprint density at radius 3 is 2.09 bits per heavy atom. The maximum Gasteiger partial charge on any atom is 0.0540 e. The van der Waals surface area contributed by atoms with Gasteiger partial charge in [0.25, 0.3) is 0 Å². The SMILES string of the molecule is CC1(C)CCC(C)(C)c2c(-c3ccc(N(c4ccc5c(c4)-c4ccccc4C54C5CC6CC7CC4C75C6)c4cccc5ccccc45)cc3)cccc21. The molecule has 6 atom stereocenters. The summed E-state index contributed by atoms with van der Waals surface area (Å²) in [5.41, 5.74) is 16.9. The van der Waals surface area contributed by atoms with Crippen molar-refractivity contribution in [3.05, 3.63) is 150 Å². The molecule has 0 saturated heterocycles. The van der Waals surface area contributed by atoms with E-state index in [1.54, 1.807) is 11.1 Å². The lowest BCUT2D eigenvalue weighted by Crippen LogP contribution is -2.73. The van der Waals surface area contributed by atoms with Gasteiger partial charge in [-0.15, -0.1) is 0 Å². The van der Waals surface area contributed by atoms with Gasteiger partial charge in [-0.3, -0.25) is 0 Å². The first-order valence-electron chi connectivity index (χ1n) is 20.5. The summed E-state index contributed by atoms with van der Waals surface area (Å²) in [4.78, 5) is 2.53. The van der Waals surface area contributed by atoms with Crippen LogP contribution in [-0.2, 0) is 16.2 Å². The first kappa shape index (κ1) is 30.8. The van der Waals surface area contributed by atoms with E-state index in [0.717, 1.165) is 23.7 Å². The number of benzene rings is 6. The molecule has 6 aromatic rings. The molecule has 0 aliphatic heterocycles. The molecular formula is C52H49N. The highest BCUT2D eigenvalue weighted by Gasteiger charge is 2.84. The van der Waals surface area contributed by atoms with Crippen LogP contribution in [0.3, 0.4) is 0 Å². The molecule has 6 aromatic carbocycles. The Hall–Kier alpha value is -4.62. The van der Waals surface area contributed by atoms with Crippen LogP contribution in [-0.4, -0.2) is 0 Å². The van der Waals surface area contributed by atoms with Crippen LogP contribution in [0.25, 0.3) is 33.0 Å². The van der Waals surface area contributed by atoms with E-state index < -0.39 is 0 Å². The van der Waals surface area contributed by atoms with Crippen molar-refractivity contribution in [1.82, 2.24) is 0 Å². The van der Waals surface area contributed by atoms with Gasteiger partial charge in [0.2, 0.25) is 0 Å². The van der Waals surface area contributed by atoms with E-state index in [1.165, 1.54) is 99.7 Å². The van der Waals surface area contributed by atoms with Gasteiger partial charge < -0.3 is 4.90 Å². The van der Waals surface area contributed by atoms with Crippen LogP contribution in [0.15, 0.2) is 127 Å². The van der Waals surface area contributed by atoms with E-state index in [9.17, 15) is 0 Å². The van der Waals surface area contributed by atoms with Crippen molar-refractivity contribution in [2.24, 2.45) is 29.1 Å². The summed E-state index contributed by atoms with van der Waals surface area (Å²) in [5, 5.41) is 2.55. The molecule has 12 rings (SSSR count). The lowest BCUT2D eigenvalue weighted by molar-refractivity contribution is -0.231. The van der Waals surface area contributed by atoms with Gasteiger partial charge in [-0.25, -0.2) is 0 Å². The number of nitrogens with zero attached hydrogens (tertiary/aromatic N) is 1. The molecule has 262 valence electrons. The molecule has 0 N–H and O–H groups in total. The minimum Gasteiger partial charge on any atom is -0.310 e. The van der Waals surface area contributed by atoms with Gasteiger partial charge in [0.05, 0.1) is 5.69 Å². The van der Waals surface area contributed by atoms with Crippen molar-refractivity contribution in [1.29, 1.82) is 0 Å². The van der Waals surface area contributed by atoms with Crippen molar-refractivity contribution in [2.45, 2.75) is 82.5 Å². The number of hydrogen-bond donors (Lipinski definition) is 0. The topological polar surface area (TPSA) is 3.24 Å². The Balaban J connectivity index is 1.02. The standard InChI is InChI=1S/C52H49N/c1-49(2)25-26-50(3,4)48-39(15-10-17-44(48)49)34-19-21-36(22-20-34)53(45-18-9-12-33-11-5-6-13-38(33)45)37-23-24-43-41(30-37)40-14-7-8-16-42(40)52(43)46-28-32-27-35-29-47(52)51(35,46)31-32/h5-24,30,32,35,46-47H,25-29,31H2,1-4H3.